The van der Waals surface area contributed by atoms with Crippen molar-refractivity contribution < 1.29 is 13.2 Å². The van der Waals surface area contributed by atoms with Gasteiger partial charge < -0.3 is 5.32 Å². The van der Waals surface area contributed by atoms with E-state index in [1.807, 2.05) is 33.8 Å². The number of sulfonamides is 1. The van der Waals surface area contributed by atoms with Gasteiger partial charge in [-0.15, -0.1) is 0 Å². The highest BCUT2D eigenvalue weighted by molar-refractivity contribution is 8.00. The SMILES string of the molecule is CCN(CC)S(=O)(=O)c1ccc2nc(S[C@@H](C)C(=O)Nc3ccc(Cl)cc3)cc(C)c2c1. The number of pyridine rings is 1. The number of aryl methyl sites for hydroxylation is 1. The van der Waals surface area contributed by atoms with E-state index < -0.39 is 10.0 Å². The number of hydrogen-bond acceptors (Lipinski definition) is 5. The Hall–Kier alpha value is -2.13. The van der Waals surface area contributed by atoms with Crippen molar-refractivity contribution >= 4 is 55.9 Å². The molecule has 170 valence electrons. The highest BCUT2D eigenvalue weighted by Crippen LogP contribution is 2.29. The van der Waals surface area contributed by atoms with E-state index in [9.17, 15) is 13.2 Å². The molecule has 0 aliphatic rings. The topological polar surface area (TPSA) is 79.4 Å². The smallest absolute Gasteiger partial charge is 0.243 e. The van der Waals surface area contributed by atoms with Gasteiger partial charge in [-0.05, 0) is 67.9 Å². The van der Waals surface area contributed by atoms with Gasteiger partial charge in [-0.3, -0.25) is 4.79 Å². The second kappa shape index (κ2) is 10.2. The van der Waals surface area contributed by atoms with Crippen molar-refractivity contribution in [3.63, 3.8) is 0 Å². The van der Waals surface area contributed by atoms with E-state index in [4.69, 9.17) is 11.6 Å². The van der Waals surface area contributed by atoms with Crippen LogP contribution in [0.25, 0.3) is 10.9 Å². The van der Waals surface area contributed by atoms with Gasteiger partial charge >= 0.3 is 0 Å². The number of rotatable bonds is 8. The number of nitrogens with zero attached hydrogens (tertiary/aromatic N) is 2. The van der Waals surface area contributed by atoms with Crippen molar-refractivity contribution in [3.8, 4) is 0 Å². The zero-order valence-electron chi connectivity index (χ0n) is 18.4. The third kappa shape index (κ3) is 5.43. The van der Waals surface area contributed by atoms with Crippen LogP contribution in [0, 0.1) is 6.92 Å². The summed E-state index contributed by atoms with van der Waals surface area (Å²) in [5.41, 5.74) is 2.27. The molecule has 0 radical (unpaired) electrons. The van der Waals surface area contributed by atoms with E-state index in [0.717, 1.165) is 10.9 Å². The van der Waals surface area contributed by atoms with E-state index in [-0.39, 0.29) is 16.1 Å². The number of hydrogen-bond donors (Lipinski definition) is 1. The number of benzene rings is 2. The van der Waals surface area contributed by atoms with Crippen LogP contribution in [0.1, 0.15) is 26.3 Å². The van der Waals surface area contributed by atoms with Crippen molar-refractivity contribution in [3.05, 3.63) is 59.1 Å². The third-order valence-electron chi connectivity index (χ3n) is 5.09. The lowest BCUT2D eigenvalue weighted by Crippen LogP contribution is -2.30. The largest absolute Gasteiger partial charge is 0.325 e. The standard InChI is InChI=1S/C23H26ClN3O3S2/c1-5-27(6-2)32(29,30)19-11-12-21-20(14-19)15(3)13-22(26-21)31-16(4)23(28)25-18-9-7-17(24)8-10-18/h7-14,16H,5-6H2,1-4H3,(H,25,28)/t16-/m0/s1. The molecule has 3 rings (SSSR count). The van der Waals surface area contributed by atoms with Crippen LogP contribution in [0.2, 0.25) is 5.02 Å². The number of fused-ring (bicyclic) bond motifs is 1. The molecule has 9 heteroatoms. The van der Waals surface area contributed by atoms with Crippen molar-refractivity contribution in [2.24, 2.45) is 0 Å². The fourth-order valence-electron chi connectivity index (χ4n) is 3.29. The molecule has 0 spiro atoms. The molecule has 1 atom stereocenters. The third-order valence-corrected chi connectivity index (χ3v) is 8.40. The number of nitrogens with one attached hydrogen (secondary N) is 1. The first kappa shape index (κ1) is 24.5. The summed E-state index contributed by atoms with van der Waals surface area (Å²) < 4.78 is 27.1. The summed E-state index contributed by atoms with van der Waals surface area (Å²) in [7, 11) is -3.54. The molecule has 0 fully saturated rings. The number of anilines is 1. The summed E-state index contributed by atoms with van der Waals surface area (Å²) in [6.07, 6.45) is 0. The van der Waals surface area contributed by atoms with Crippen LogP contribution in [0.5, 0.6) is 0 Å². The zero-order chi connectivity index (χ0) is 23.5. The molecule has 1 amide bonds. The minimum absolute atomic E-state index is 0.141. The molecule has 1 N–H and O–H groups in total. The fourth-order valence-corrected chi connectivity index (χ4v) is 5.82. The number of aromatic nitrogens is 1. The molecule has 1 heterocycles. The molecule has 0 saturated heterocycles. The summed E-state index contributed by atoms with van der Waals surface area (Å²) in [6, 6.07) is 13.8. The van der Waals surface area contributed by atoms with Gasteiger partial charge in [0.1, 0.15) is 0 Å². The van der Waals surface area contributed by atoms with Crippen LogP contribution < -0.4 is 5.32 Å². The maximum atomic E-state index is 12.9. The van der Waals surface area contributed by atoms with E-state index in [1.165, 1.54) is 16.1 Å². The van der Waals surface area contributed by atoms with Crippen molar-refractivity contribution in [1.82, 2.24) is 9.29 Å². The van der Waals surface area contributed by atoms with Gasteiger partial charge in [0, 0.05) is 29.2 Å². The summed E-state index contributed by atoms with van der Waals surface area (Å²) >= 11 is 7.23. The van der Waals surface area contributed by atoms with Gasteiger partial charge in [0.15, 0.2) is 0 Å². The molecule has 6 nitrogen and oxygen atoms in total. The summed E-state index contributed by atoms with van der Waals surface area (Å²) in [5.74, 6) is -0.141. The Kier molecular flexibility index (Phi) is 7.82. The molecule has 32 heavy (non-hydrogen) atoms. The maximum absolute atomic E-state index is 12.9. The molecule has 0 bridgehead atoms. The Morgan fingerprint density at radius 1 is 1.12 bits per heavy atom. The van der Waals surface area contributed by atoms with Crippen LogP contribution in [-0.4, -0.2) is 42.0 Å². The Balaban J connectivity index is 1.81. The van der Waals surface area contributed by atoms with E-state index >= 15 is 0 Å². The van der Waals surface area contributed by atoms with Gasteiger partial charge in [0.05, 0.1) is 20.7 Å². The summed E-state index contributed by atoms with van der Waals surface area (Å²) in [5, 5.41) is 4.58. The summed E-state index contributed by atoms with van der Waals surface area (Å²) in [4.78, 5) is 17.5. The number of halogens is 1. The Bertz CT molecular complexity index is 1230. The first-order chi connectivity index (χ1) is 15.1. The minimum Gasteiger partial charge on any atom is -0.325 e. The second-order valence-electron chi connectivity index (χ2n) is 7.30. The first-order valence-electron chi connectivity index (χ1n) is 10.3. The Morgan fingerprint density at radius 2 is 1.78 bits per heavy atom. The van der Waals surface area contributed by atoms with E-state index in [1.54, 1.807) is 42.5 Å². The van der Waals surface area contributed by atoms with Crippen LogP contribution >= 0.6 is 23.4 Å². The minimum atomic E-state index is -3.54. The Labute approximate surface area is 198 Å². The molecule has 0 aliphatic heterocycles. The molecule has 2 aromatic carbocycles. The lowest BCUT2D eigenvalue weighted by molar-refractivity contribution is -0.115. The van der Waals surface area contributed by atoms with Gasteiger partial charge in [-0.25, -0.2) is 13.4 Å². The van der Waals surface area contributed by atoms with E-state index in [0.29, 0.717) is 34.3 Å². The lowest BCUT2D eigenvalue weighted by atomic mass is 10.1. The van der Waals surface area contributed by atoms with Crippen LogP contribution in [0.4, 0.5) is 5.69 Å². The van der Waals surface area contributed by atoms with Crippen molar-refractivity contribution in [2.45, 2.75) is 42.9 Å². The Morgan fingerprint density at radius 3 is 2.41 bits per heavy atom. The van der Waals surface area contributed by atoms with Gasteiger partial charge in [-0.2, -0.15) is 4.31 Å². The lowest BCUT2D eigenvalue weighted by Gasteiger charge is -2.19. The second-order valence-corrected chi connectivity index (χ2v) is 11.0. The monoisotopic (exact) mass is 491 g/mol. The molecular weight excluding hydrogens is 466 g/mol. The van der Waals surface area contributed by atoms with Gasteiger partial charge in [-0.1, -0.05) is 37.2 Å². The predicted octanol–water partition coefficient (Wildman–Crippen LogP) is 5.35. The quantitative estimate of drug-likeness (QED) is 0.430. The van der Waals surface area contributed by atoms with Crippen molar-refractivity contribution in [1.29, 1.82) is 0 Å². The van der Waals surface area contributed by atoms with Crippen LogP contribution in [0.3, 0.4) is 0 Å². The molecule has 0 saturated carbocycles. The maximum Gasteiger partial charge on any atom is 0.243 e. The average molecular weight is 492 g/mol. The fraction of sp³-hybridized carbons (Fsp3) is 0.304. The molecule has 3 aromatic rings. The number of thioether (sulfide) groups is 1. The zero-order valence-corrected chi connectivity index (χ0v) is 20.8. The summed E-state index contributed by atoms with van der Waals surface area (Å²) in [6.45, 7) is 8.21. The average Bonchev–Trinajstić information content (AvgIpc) is 2.75. The van der Waals surface area contributed by atoms with Crippen molar-refractivity contribution in [2.75, 3.05) is 18.4 Å². The highest BCUT2D eigenvalue weighted by Gasteiger charge is 2.22. The molecule has 0 aliphatic carbocycles. The molecule has 1 aromatic heterocycles. The molecule has 0 unspecified atom stereocenters. The van der Waals surface area contributed by atoms with Gasteiger partial charge in [0.2, 0.25) is 15.9 Å². The number of amides is 1. The first-order valence-corrected chi connectivity index (χ1v) is 13.0. The molecular formula is C23H26ClN3O3S2. The van der Waals surface area contributed by atoms with E-state index in [2.05, 4.69) is 10.3 Å². The highest BCUT2D eigenvalue weighted by atomic mass is 35.5. The van der Waals surface area contributed by atoms with Gasteiger partial charge in [0.25, 0.3) is 0 Å². The van der Waals surface area contributed by atoms with Crippen LogP contribution in [0.15, 0.2) is 58.5 Å². The number of carbonyl (C=O) groups is 1. The van der Waals surface area contributed by atoms with Crippen LogP contribution in [-0.2, 0) is 14.8 Å². The number of carbonyl (C=O) groups excluding carboxylic acids is 1. The normalized spacial score (nSPS) is 12.8. The predicted molar refractivity (Wildman–Crippen MR) is 132 cm³/mol.